The summed E-state index contributed by atoms with van der Waals surface area (Å²) in [5, 5.41) is 18.5. The van der Waals surface area contributed by atoms with Crippen molar-refractivity contribution in [2.75, 3.05) is 25.0 Å². The number of nitrogens with one attached hydrogen (secondary N) is 2. The molecule has 0 spiro atoms. The number of rotatable bonds is 7. The minimum atomic E-state index is -0.561. The number of nitro benzene ring substituents is 1. The van der Waals surface area contributed by atoms with Gasteiger partial charge in [0.25, 0.3) is 11.6 Å². The van der Waals surface area contributed by atoms with Gasteiger partial charge in [0.2, 0.25) is 5.91 Å². The molecule has 1 saturated heterocycles. The van der Waals surface area contributed by atoms with E-state index < -0.39 is 16.7 Å². The van der Waals surface area contributed by atoms with Crippen LogP contribution in [0.1, 0.15) is 35.5 Å². The van der Waals surface area contributed by atoms with E-state index in [0.717, 1.165) is 18.8 Å². The lowest BCUT2D eigenvalue weighted by Gasteiger charge is -2.34. The molecule has 0 radical (unpaired) electrons. The number of ether oxygens (including phenoxy) is 1. The first kappa shape index (κ1) is 22.8. The molecule has 0 bridgehead atoms. The van der Waals surface area contributed by atoms with Gasteiger partial charge in [0.15, 0.2) is 5.13 Å². The maximum atomic E-state index is 12.2. The first-order valence-electron chi connectivity index (χ1n) is 9.86. The second kappa shape index (κ2) is 9.94. The number of benzene rings is 1. The smallest absolute Gasteiger partial charge is 0.273 e. The Balaban J connectivity index is 1.49. The summed E-state index contributed by atoms with van der Waals surface area (Å²) in [6, 6.07) is 4.18. The van der Waals surface area contributed by atoms with E-state index in [-0.39, 0.29) is 30.0 Å². The van der Waals surface area contributed by atoms with E-state index in [1.54, 1.807) is 6.92 Å². The highest BCUT2D eigenvalue weighted by molar-refractivity contribution is 7.13. The number of aromatic nitrogens is 1. The summed E-state index contributed by atoms with van der Waals surface area (Å²) in [5.74, 6) is -0.988. The number of thiazole rings is 1. The number of carbonyl (C=O) groups excluding carboxylic acids is 2. The Kier molecular flexibility index (Phi) is 7.31. The molecule has 1 aromatic heterocycles. The van der Waals surface area contributed by atoms with Gasteiger partial charge in [-0.2, -0.15) is 0 Å². The molecule has 1 aliphatic rings. The largest absolute Gasteiger partial charge is 0.373 e. The summed E-state index contributed by atoms with van der Waals surface area (Å²) in [4.78, 5) is 41.6. The van der Waals surface area contributed by atoms with Crippen molar-refractivity contribution in [2.24, 2.45) is 0 Å². The maximum absolute atomic E-state index is 12.2. The van der Waals surface area contributed by atoms with Gasteiger partial charge < -0.3 is 15.4 Å². The molecule has 1 fully saturated rings. The van der Waals surface area contributed by atoms with Crippen LogP contribution in [-0.4, -0.2) is 58.5 Å². The summed E-state index contributed by atoms with van der Waals surface area (Å²) >= 11 is 1.32. The molecule has 2 heterocycles. The summed E-state index contributed by atoms with van der Waals surface area (Å²) in [6.07, 6.45) is 0.334. The van der Waals surface area contributed by atoms with Crippen molar-refractivity contribution in [1.82, 2.24) is 15.2 Å². The van der Waals surface area contributed by atoms with Crippen molar-refractivity contribution in [2.45, 2.75) is 39.5 Å². The molecule has 10 nitrogen and oxygen atoms in total. The summed E-state index contributed by atoms with van der Waals surface area (Å²) in [7, 11) is 0. The molecule has 2 aromatic rings. The predicted octanol–water partition coefficient (Wildman–Crippen LogP) is 2.34. The van der Waals surface area contributed by atoms with Crippen molar-refractivity contribution in [3.63, 3.8) is 0 Å². The molecule has 2 N–H and O–H groups in total. The van der Waals surface area contributed by atoms with Crippen LogP contribution < -0.4 is 10.6 Å². The normalized spacial score (nSPS) is 19.1. The van der Waals surface area contributed by atoms with Gasteiger partial charge in [-0.3, -0.25) is 24.6 Å². The number of anilines is 1. The Bertz CT molecular complexity index is 969. The van der Waals surface area contributed by atoms with Crippen LogP contribution in [0.15, 0.2) is 23.6 Å². The predicted molar refractivity (Wildman–Crippen MR) is 116 cm³/mol. The van der Waals surface area contributed by atoms with Crippen LogP contribution in [0.4, 0.5) is 10.8 Å². The Morgan fingerprint density at radius 1 is 1.32 bits per heavy atom. The number of morpholine rings is 1. The van der Waals surface area contributed by atoms with Gasteiger partial charge in [0.1, 0.15) is 0 Å². The molecule has 2 unspecified atom stereocenters. The van der Waals surface area contributed by atoms with Gasteiger partial charge in [0.05, 0.1) is 29.4 Å². The molecular weight excluding hydrogens is 422 g/mol. The molecule has 0 saturated carbocycles. The van der Waals surface area contributed by atoms with Crippen molar-refractivity contribution in [3.05, 3.63) is 50.5 Å². The molecule has 166 valence electrons. The number of hydrogen-bond donors (Lipinski definition) is 2. The molecule has 3 rings (SSSR count). The number of nitro groups is 1. The monoisotopic (exact) mass is 447 g/mol. The van der Waals surface area contributed by atoms with E-state index in [1.807, 2.05) is 19.2 Å². The highest BCUT2D eigenvalue weighted by Gasteiger charge is 2.23. The highest BCUT2D eigenvalue weighted by atomic mass is 32.1. The fourth-order valence-electron chi connectivity index (χ4n) is 3.45. The topological polar surface area (TPSA) is 127 Å². The third-order valence-corrected chi connectivity index (χ3v) is 5.56. The Labute approximate surface area is 183 Å². The van der Waals surface area contributed by atoms with E-state index in [9.17, 15) is 19.7 Å². The van der Waals surface area contributed by atoms with Crippen LogP contribution in [0.25, 0.3) is 0 Å². The fraction of sp³-hybridized carbons (Fsp3) is 0.450. The molecular formula is C20H25N5O5S. The summed E-state index contributed by atoms with van der Waals surface area (Å²) in [5.41, 5.74) is 1.30. The average Bonchev–Trinajstić information content (AvgIpc) is 3.12. The van der Waals surface area contributed by atoms with Crippen LogP contribution in [0.3, 0.4) is 0 Å². The molecule has 1 aliphatic heterocycles. The lowest BCUT2D eigenvalue weighted by Crippen LogP contribution is -2.44. The minimum absolute atomic E-state index is 0.121. The van der Waals surface area contributed by atoms with Crippen LogP contribution in [0.5, 0.6) is 0 Å². The molecule has 1 aromatic carbocycles. The van der Waals surface area contributed by atoms with E-state index in [4.69, 9.17) is 4.74 Å². The van der Waals surface area contributed by atoms with Crippen LogP contribution in [0, 0.1) is 17.0 Å². The highest BCUT2D eigenvalue weighted by Crippen LogP contribution is 2.20. The zero-order chi connectivity index (χ0) is 22.5. The first-order chi connectivity index (χ1) is 14.7. The third kappa shape index (κ3) is 6.29. The van der Waals surface area contributed by atoms with E-state index in [1.165, 1.54) is 29.5 Å². The fourth-order valence-corrected chi connectivity index (χ4v) is 4.17. The molecule has 0 aliphatic carbocycles. The Morgan fingerprint density at radius 3 is 2.71 bits per heavy atom. The van der Waals surface area contributed by atoms with E-state index in [0.29, 0.717) is 17.2 Å². The number of amides is 2. The van der Waals surface area contributed by atoms with E-state index in [2.05, 4.69) is 20.5 Å². The zero-order valence-corrected chi connectivity index (χ0v) is 18.4. The number of aryl methyl sites for hydroxylation is 1. The average molecular weight is 448 g/mol. The Morgan fingerprint density at radius 2 is 2.03 bits per heavy atom. The molecule has 11 heteroatoms. The second-order valence-corrected chi connectivity index (χ2v) is 8.44. The van der Waals surface area contributed by atoms with Crippen molar-refractivity contribution >= 4 is 34.0 Å². The van der Waals surface area contributed by atoms with Gasteiger partial charge in [-0.15, -0.1) is 11.3 Å². The lowest BCUT2D eigenvalue weighted by molar-refractivity contribution is -0.385. The van der Waals surface area contributed by atoms with Gasteiger partial charge in [-0.1, -0.05) is 6.07 Å². The molecule has 2 atom stereocenters. The van der Waals surface area contributed by atoms with Crippen molar-refractivity contribution in [3.8, 4) is 0 Å². The summed E-state index contributed by atoms with van der Waals surface area (Å²) < 4.78 is 5.73. The van der Waals surface area contributed by atoms with Gasteiger partial charge in [0, 0.05) is 42.2 Å². The number of hydrogen-bond acceptors (Lipinski definition) is 8. The maximum Gasteiger partial charge on any atom is 0.273 e. The third-order valence-electron chi connectivity index (χ3n) is 4.76. The lowest BCUT2D eigenvalue weighted by atomic mass is 10.1. The molecule has 2 amide bonds. The zero-order valence-electron chi connectivity index (χ0n) is 17.6. The van der Waals surface area contributed by atoms with Crippen LogP contribution >= 0.6 is 11.3 Å². The van der Waals surface area contributed by atoms with Gasteiger partial charge >= 0.3 is 0 Å². The van der Waals surface area contributed by atoms with Crippen LogP contribution in [0.2, 0.25) is 0 Å². The Hall–Kier alpha value is -2.89. The second-order valence-electron chi connectivity index (χ2n) is 7.58. The SMILES string of the molecule is Cc1ccc(C(=O)NCC(=O)Nc2nc(CN3CC(C)OC(C)C3)cs2)cc1[N+](=O)[O-]. The van der Waals surface area contributed by atoms with Gasteiger partial charge in [-0.05, 0) is 26.8 Å². The van der Waals surface area contributed by atoms with Gasteiger partial charge in [-0.25, -0.2) is 4.98 Å². The first-order valence-corrected chi connectivity index (χ1v) is 10.7. The molecule has 31 heavy (non-hydrogen) atoms. The van der Waals surface area contributed by atoms with E-state index >= 15 is 0 Å². The number of nitrogens with zero attached hydrogens (tertiary/aromatic N) is 3. The quantitative estimate of drug-likeness (QED) is 0.493. The summed E-state index contributed by atoms with van der Waals surface area (Å²) in [6.45, 7) is 7.73. The van der Waals surface area contributed by atoms with Crippen molar-refractivity contribution < 1.29 is 19.2 Å². The standard InChI is InChI=1S/C20H25N5O5S/c1-12-4-5-15(6-17(12)25(28)29)19(27)21-7-18(26)23-20-22-16(11-31-20)10-24-8-13(2)30-14(3)9-24/h4-6,11,13-14H,7-10H2,1-3H3,(H,21,27)(H,22,23,26). The minimum Gasteiger partial charge on any atom is -0.373 e. The van der Waals surface area contributed by atoms with Crippen molar-refractivity contribution in [1.29, 1.82) is 0 Å². The number of carbonyl (C=O) groups is 2. The van der Waals surface area contributed by atoms with Crippen LogP contribution in [-0.2, 0) is 16.1 Å².